The fourth-order valence-corrected chi connectivity index (χ4v) is 3.20. The summed E-state index contributed by atoms with van der Waals surface area (Å²) in [5.74, 6) is 0.359. The quantitative estimate of drug-likeness (QED) is 0.873. The van der Waals surface area contributed by atoms with Gasteiger partial charge in [0.25, 0.3) is 0 Å². The van der Waals surface area contributed by atoms with Crippen LogP contribution in [-0.2, 0) is 16.1 Å². The topological polar surface area (TPSA) is 67.9 Å². The van der Waals surface area contributed by atoms with Gasteiger partial charge in [-0.3, -0.25) is 9.69 Å². The molecule has 1 aliphatic rings. The fraction of sp³-hybridized carbons (Fsp3) is 0.333. The first-order chi connectivity index (χ1) is 13.1. The van der Waals surface area contributed by atoms with Gasteiger partial charge in [-0.05, 0) is 43.0 Å². The number of carbonyl (C=O) groups excluding carboxylic acids is 2. The number of amides is 2. The molecule has 142 valence electrons. The molecule has 1 fully saturated rings. The second-order valence-electron chi connectivity index (χ2n) is 6.58. The Morgan fingerprint density at radius 1 is 1.19 bits per heavy atom. The molecular formula is C21H24N2O4. The van der Waals surface area contributed by atoms with Gasteiger partial charge in [0.2, 0.25) is 5.91 Å². The van der Waals surface area contributed by atoms with Gasteiger partial charge in [0.05, 0.1) is 12.8 Å². The van der Waals surface area contributed by atoms with E-state index >= 15 is 0 Å². The normalized spacial score (nSPS) is 16.1. The van der Waals surface area contributed by atoms with Crippen LogP contribution in [0.15, 0.2) is 48.5 Å². The van der Waals surface area contributed by atoms with Crippen LogP contribution in [0.2, 0.25) is 0 Å². The molecule has 0 radical (unpaired) electrons. The number of aryl methyl sites for hydroxylation is 1. The average molecular weight is 368 g/mol. The minimum Gasteiger partial charge on any atom is -0.495 e. The minimum absolute atomic E-state index is 0.191. The summed E-state index contributed by atoms with van der Waals surface area (Å²) >= 11 is 0. The Hall–Kier alpha value is -3.02. The molecule has 1 atom stereocenters. The van der Waals surface area contributed by atoms with E-state index in [9.17, 15) is 9.59 Å². The van der Waals surface area contributed by atoms with Gasteiger partial charge in [0.15, 0.2) is 0 Å². The molecule has 27 heavy (non-hydrogen) atoms. The third-order valence-corrected chi connectivity index (χ3v) is 4.61. The average Bonchev–Trinajstić information content (AvgIpc) is 3.17. The van der Waals surface area contributed by atoms with Gasteiger partial charge in [-0.2, -0.15) is 0 Å². The van der Waals surface area contributed by atoms with Crippen LogP contribution in [0.4, 0.5) is 10.5 Å². The zero-order valence-corrected chi connectivity index (χ0v) is 15.6. The number of carbonyl (C=O) groups is 2. The number of methoxy groups -OCH3 is 1. The van der Waals surface area contributed by atoms with Crippen LogP contribution in [-0.4, -0.2) is 36.6 Å². The van der Waals surface area contributed by atoms with Crippen molar-refractivity contribution in [3.05, 3.63) is 59.7 Å². The Morgan fingerprint density at radius 2 is 1.96 bits per heavy atom. The van der Waals surface area contributed by atoms with Gasteiger partial charge in [-0.15, -0.1) is 0 Å². The number of benzene rings is 2. The highest BCUT2D eigenvalue weighted by atomic mass is 16.6. The van der Waals surface area contributed by atoms with Crippen molar-refractivity contribution >= 4 is 17.7 Å². The molecule has 0 bridgehead atoms. The lowest BCUT2D eigenvalue weighted by Crippen LogP contribution is -2.43. The highest BCUT2D eigenvalue weighted by molar-refractivity contribution is 5.98. The molecule has 1 heterocycles. The predicted octanol–water partition coefficient (Wildman–Crippen LogP) is 3.74. The minimum atomic E-state index is -0.543. The number of likely N-dealkylation sites (tertiary alicyclic amines) is 1. The first-order valence-electron chi connectivity index (χ1n) is 9.01. The Kier molecular flexibility index (Phi) is 5.96. The summed E-state index contributed by atoms with van der Waals surface area (Å²) in [7, 11) is 1.56. The fourth-order valence-electron chi connectivity index (χ4n) is 3.20. The Morgan fingerprint density at radius 3 is 2.70 bits per heavy atom. The standard InChI is InChI=1S/C21H24N2O4/c1-15-10-11-19(26-2)17(13-15)22-20(24)18-9-6-12-23(18)21(25)27-14-16-7-4-3-5-8-16/h3-5,7-8,10-11,13,18H,6,9,12,14H2,1-2H3,(H,22,24)/t18-/m0/s1. The van der Waals surface area contributed by atoms with Crippen LogP contribution in [0.25, 0.3) is 0 Å². The van der Waals surface area contributed by atoms with Crippen molar-refractivity contribution in [3.63, 3.8) is 0 Å². The summed E-state index contributed by atoms with van der Waals surface area (Å²) < 4.78 is 10.7. The van der Waals surface area contributed by atoms with Crippen molar-refractivity contribution in [2.75, 3.05) is 19.0 Å². The van der Waals surface area contributed by atoms with E-state index in [2.05, 4.69) is 5.32 Å². The van der Waals surface area contributed by atoms with Crippen molar-refractivity contribution in [2.45, 2.75) is 32.4 Å². The van der Waals surface area contributed by atoms with Gasteiger partial charge in [0.1, 0.15) is 18.4 Å². The van der Waals surface area contributed by atoms with E-state index in [4.69, 9.17) is 9.47 Å². The maximum atomic E-state index is 12.8. The summed E-state index contributed by atoms with van der Waals surface area (Å²) in [5, 5.41) is 2.89. The lowest BCUT2D eigenvalue weighted by Gasteiger charge is -2.23. The predicted molar refractivity (Wildman–Crippen MR) is 103 cm³/mol. The van der Waals surface area contributed by atoms with E-state index < -0.39 is 12.1 Å². The number of nitrogens with zero attached hydrogens (tertiary/aromatic N) is 1. The van der Waals surface area contributed by atoms with Gasteiger partial charge >= 0.3 is 6.09 Å². The van der Waals surface area contributed by atoms with E-state index in [-0.39, 0.29) is 12.5 Å². The summed E-state index contributed by atoms with van der Waals surface area (Å²) in [6, 6.07) is 14.5. The van der Waals surface area contributed by atoms with Gasteiger partial charge in [-0.25, -0.2) is 4.79 Å². The molecule has 0 spiro atoms. The van der Waals surface area contributed by atoms with Crippen molar-refractivity contribution in [2.24, 2.45) is 0 Å². The lowest BCUT2D eigenvalue weighted by atomic mass is 10.1. The first-order valence-corrected chi connectivity index (χ1v) is 9.01. The van der Waals surface area contributed by atoms with Crippen LogP contribution in [0.3, 0.4) is 0 Å². The van der Waals surface area contributed by atoms with Crippen molar-refractivity contribution in [1.82, 2.24) is 4.90 Å². The second-order valence-corrected chi connectivity index (χ2v) is 6.58. The molecule has 2 amide bonds. The number of hydrogen-bond acceptors (Lipinski definition) is 4. The summed E-state index contributed by atoms with van der Waals surface area (Å²) in [4.78, 5) is 26.7. The summed E-state index contributed by atoms with van der Waals surface area (Å²) in [5.41, 5.74) is 2.53. The molecule has 6 heteroatoms. The van der Waals surface area contributed by atoms with Crippen molar-refractivity contribution < 1.29 is 19.1 Å². The lowest BCUT2D eigenvalue weighted by molar-refractivity contribution is -0.120. The molecule has 2 aromatic rings. The SMILES string of the molecule is COc1ccc(C)cc1NC(=O)[C@@H]1CCCN1C(=O)OCc1ccccc1. The zero-order valence-electron chi connectivity index (χ0n) is 15.6. The smallest absolute Gasteiger partial charge is 0.410 e. The maximum absolute atomic E-state index is 12.8. The first kappa shape index (κ1) is 18.8. The van der Waals surface area contributed by atoms with E-state index in [0.29, 0.717) is 24.4 Å². The van der Waals surface area contributed by atoms with Crippen LogP contribution in [0.5, 0.6) is 5.75 Å². The van der Waals surface area contributed by atoms with E-state index in [1.54, 1.807) is 7.11 Å². The third kappa shape index (κ3) is 4.58. The molecule has 2 aromatic carbocycles. The van der Waals surface area contributed by atoms with Gasteiger partial charge < -0.3 is 14.8 Å². The monoisotopic (exact) mass is 368 g/mol. The molecule has 3 rings (SSSR count). The van der Waals surface area contributed by atoms with Crippen molar-refractivity contribution in [3.8, 4) is 5.75 Å². The van der Waals surface area contributed by atoms with Gasteiger partial charge in [-0.1, -0.05) is 36.4 Å². The number of hydrogen-bond donors (Lipinski definition) is 1. The summed E-state index contributed by atoms with van der Waals surface area (Å²) in [6.45, 7) is 2.64. The number of ether oxygens (including phenoxy) is 2. The molecule has 0 saturated carbocycles. The highest BCUT2D eigenvalue weighted by Crippen LogP contribution is 2.27. The number of nitrogens with one attached hydrogen (secondary N) is 1. The maximum Gasteiger partial charge on any atom is 0.410 e. The summed E-state index contributed by atoms with van der Waals surface area (Å²) in [6.07, 6.45) is 0.914. The van der Waals surface area contributed by atoms with Crippen LogP contribution in [0.1, 0.15) is 24.0 Å². The van der Waals surface area contributed by atoms with Crippen LogP contribution < -0.4 is 10.1 Å². The van der Waals surface area contributed by atoms with Crippen LogP contribution in [0, 0.1) is 6.92 Å². The zero-order chi connectivity index (χ0) is 19.2. The second kappa shape index (κ2) is 8.58. The van der Waals surface area contributed by atoms with E-state index in [1.165, 1.54) is 4.90 Å². The number of rotatable bonds is 5. The Balaban J connectivity index is 1.64. The molecule has 6 nitrogen and oxygen atoms in total. The molecular weight excluding hydrogens is 344 g/mol. The molecule has 0 unspecified atom stereocenters. The number of anilines is 1. The van der Waals surface area contributed by atoms with Crippen LogP contribution >= 0.6 is 0 Å². The highest BCUT2D eigenvalue weighted by Gasteiger charge is 2.35. The van der Waals surface area contributed by atoms with Gasteiger partial charge in [0, 0.05) is 6.54 Å². The molecule has 0 aromatic heterocycles. The Bertz CT molecular complexity index is 807. The van der Waals surface area contributed by atoms with E-state index in [0.717, 1.165) is 17.5 Å². The van der Waals surface area contributed by atoms with E-state index in [1.807, 2.05) is 55.5 Å². The van der Waals surface area contributed by atoms with Crippen molar-refractivity contribution in [1.29, 1.82) is 0 Å². The molecule has 1 saturated heterocycles. The third-order valence-electron chi connectivity index (χ3n) is 4.61. The molecule has 1 aliphatic heterocycles. The largest absolute Gasteiger partial charge is 0.495 e. The molecule has 0 aliphatic carbocycles. The Labute approximate surface area is 159 Å². The molecule has 1 N–H and O–H groups in total.